The highest BCUT2D eigenvalue weighted by Gasteiger charge is 2.50. The highest BCUT2D eigenvalue weighted by Crippen LogP contribution is 2.61. The van der Waals surface area contributed by atoms with E-state index < -0.39 is 10.2 Å². The van der Waals surface area contributed by atoms with Gasteiger partial charge in [0.15, 0.2) is 0 Å². The van der Waals surface area contributed by atoms with Gasteiger partial charge in [0.1, 0.15) is 0 Å². The first-order valence-corrected chi connectivity index (χ1v) is 7.92. The third kappa shape index (κ3) is 2.01. The van der Waals surface area contributed by atoms with Crippen LogP contribution in [0.15, 0.2) is 0 Å². The average molecular weight is 246 g/mol. The molecule has 0 aromatic carbocycles. The Balaban J connectivity index is 1.74. The summed E-state index contributed by atoms with van der Waals surface area (Å²) in [5, 5.41) is 0. The fourth-order valence-electron chi connectivity index (χ4n) is 4.93. The maximum absolute atomic E-state index is 12.6. The van der Waals surface area contributed by atoms with Crippen molar-refractivity contribution in [2.24, 2.45) is 23.2 Å². The van der Waals surface area contributed by atoms with E-state index in [0.717, 1.165) is 37.0 Å². The standard InChI is InChI=1S/C12H19FO2S/c13-16(14,15)2-1-12-6-9-3-10(7-12)5-11(4-9)8-12/h9-11H,1-8H2. The molecule has 0 aromatic rings. The number of halogens is 1. The molecule has 0 amide bonds. The molecule has 0 spiro atoms. The van der Waals surface area contributed by atoms with Crippen LogP contribution < -0.4 is 0 Å². The molecule has 4 bridgehead atoms. The van der Waals surface area contributed by atoms with E-state index in [4.69, 9.17) is 0 Å². The van der Waals surface area contributed by atoms with Crippen LogP contribution in [0.2, 0.25) is 0 Å². The lowest BCUT2D eigenvalue weighted by atomic mass is 9.49. The van der Waals surface area contributed by atoms with Crippen molar-refractivity contribution >= 4 is 10.2 Å². The molecule has 0 N–H and O–H groups in total. The molecule has 0 atom stereocenters. The molecule has 0 aromatic heterocycles. The number of rotatable bonds is 3. The molecular formula is C12H19FO2S. The first-order valence-electron chi connectivity index (χ1n) is 6.36. The summed E-state index contributed by atoms with van der Waals surface area (Å²) in [5.74, 6) is 2.19. The Morgan fingerprint density at radius 3 is 1.81 bits per heavy atom. The number of hydrogen-bond acceptors (Lipinski definition) is 2. The van der Waals surface area contributed by atoms with E-state index in [9.17, 15) is 12.3 Å². The van der Waals surface area contributed by atoms with Crippen LogP contribution in [0, 0.1) is 23.2 Å². The van der Waals surface area contributed by atoms with Crippen LogP contribution in [0.3, 0.4) is 0 Å². The molecule has 4 fully saturated rings. The lowest BCUT2D eigenvalue weighted by molar-refractivity contribution is -0.0541. The second-order valence-corrected chi connectivity index (χ2v) is 7.90. The molecule has 0 heterocycles. The van der Waals surface area contributed by atoms with Crippen LogP contribution in [0.5, 0.6) is 0 Å². The first kappa shape index (κ1) is 11.0. The van der Waals surface area contributed by atoms with Gasteiger partial charge in [0.05, 0.1) is 5.75 Å². The Labute approximate surface area is 96.8 Å². The van der Waals surface area contributed by atoms with Gasteiger partial charge >= 0.3 is 10.2 Å². The summed E-state index contributed by atoms with van der Waals surface area (Å²) in [4.78, 5) is 0. The molecule has 16 heavy (non-hydrogen) atoms. The molecule has 0 aliphatic heterocycles. The third-order valence-electron chi connectivity index (χ3n) is 5.04. The summed E-state index contributed by atoms with van der Waals surface area (Å²) in [6, 6.07) is 0. The zero-order valence-electron chi connectivity index (χ0n) is 9.49. The van der Waals surface area contributed by atoms with Crippen LogP contribution in [-0.2, 0) is 10.2 Å². The van der Waals surface area contributed by atoms with E-state index >= 15 is 0 Å². The molecule has 2 nitrogen and oxygen atoms in total. The minimum atomic E-state index is -4.27. The molecule has 0 saturated heterocycles. The van der Waals surface area contributed by atoms with Gasteiger partial charge in [-0.2, -0.15) is 8.42 Å². The lowest BCUT2D eigenvalue weighted by Crippen LogP contribution is -2.46. The Bertz CT molecular complexity index is 353. The highest BCUT2D eigenvalue weighted by molar-refractivity contribution is 7.86. The fourth-order valence-corrected chi connectivity index (χ4v) is 5.61. The van der Waals surface area contributed by atoms with E-state index in [1.165, 1.54) is 19.3 Å². The largest absolute Gasteiger partial charge is 0.302 e. The molecule has 4 heteroatoms. The fraction of sp³-hybridized carbons (Fsp3) is 1.00. The van der Waals surface area contributed by atoms with Crippen molar-refractivity contribution in [1.82, 2.24) is 0 Å². The van der Waals surface area contributed by atoms with E-state index in [1.54, 1.807) is 0 Å². The normalized spacial score (nSPS) is 46.2. The summed E-state index contributed by atoms with van der Waals surface area (Å²) in [7, 11) is -4.27. The lowest BCUT2D eigenvalue weighted by Gasteiger charge is -2.57. The third-order valence-corrected chi connectivity index (χ3v) is 5.73. The molecule has 4 rings (SSSR count). The van der Waals surface area contributed by atoms with Crippen molar-refractivity contribution in [3.63, 3.8) is 0 Å². The minimum Gasteiger partial charge on any atom is -0.195 e. The van der Waals surface area contributed by atoms with Crippen molar-refractivity contribution in [3.8, 4) is 0 Å². The Morgan fingerprint density at radius 2 is 1.44 bits per heavy atom. The van der Waals surface area contributed by atoms with E-state index in [-0.39, 0.29) is 11.2 Å². The highest BCUT2D eigenvalue weighted by atomic mass is 32.3. The Kier molecular flexibility index (Phi) is 2.36. The van der Waals surface area contributed by atoms with Crippen molar-refractivity contribution < 1.29 is 12.3 Å². The van der Waals surface area contributed by atoms with Crippen LogP contribution in [-0.4, -0.2) is 14.2 Å². The molecule has 0 radical (unpaired) electrons. The zero-order valence-corrected chi connectivity index (χ0v) is 10.3. The van der Waals surface area contributed by atoms with E-state index in [1.807, 2.05) is 0 Å². The quantitative estimate of drug-likeness (QED) is 0.718. The summed E-state index contributed by atoms with van der Waals surface area (Å²) < 4.78 is 34.0. The molecule has 4 aliphatic carbocycles. The molecular weight excluding hydrogens is 227 g/mol. The maximum atomic E-state index is 12.6. The molecule has 4 saturated carbocycles. The molecule has 92 valence electrons. The summed E-state index contributed by atoms with van der Waals surface area (Å²) in [5.41, 5.74) is 0.188. The SMILES string of the molecule is O=S(=O)(F)CCC12CC3CC(CC(C3)C1)C2. The molecule has 0 unspecified atom stereocenters. The second kappa shape index (κ2) is 3.44. The van der Waals surface area contributed by atoms with Crippen LogP contribution in [0.25, 0.3) is 0 Å². The zero-order chi connectivity index (χ0) is 11.4. The van der Waals surface area contributed by atoms with Crippen molar-refractivity contribution in [3.05, 3.63) is 0 Å². The Hall–Kier alpha value is -0.120. The van der Waals surface area contributed by atoms with Gasteiger partial charge in [-0.3, -0.25) is 0 Å². The predicted molar refractivity (Wildman–Crippen MR) is 60.1 cm³/mol. The predicted octanol–water partition coefficient (Wildman–Crippen LogP) is 2.89. The van der Waals surface area contributed by atoms with Crippen LogP contribution in [0.1, 0.15) is 44.9 Å². The monoisotopic (exact) mass is 246 g/mol. The van der Waals surface area contributed by atoms with Crippen molar-refractivity contribution in [1.29, 1.82) is 0 Å². The van der Waals surface area contributed by atoms with Gasteiger partial charge in [-0.25, -0.2) is 0 Å². The topological polar surface area (TPSA) is 34.1 Å². The first-order chi connectivity index (χ1) is 7.44. The number of hydrogen-bond donors (Lipinski definition) is 0. The summed E-state index contributed by atoms with van der Waals surface area (Å²) in [6.45, 7) is 0. The summed E-state index contributed by atoms with van der Waals surface area (Å²) >= 11 is 0. The van der Waals surface area contributed by atoms with Crippen LogP contribution in [0.4, 0.5) is 3.89 Å². The van der Waals surface area contributed by atoms with Gasteiger partial charge in [0.2, 0.25) is 0 Å². The second-order valence-electron chi connectivity index (χ2n) is 6.41. The van der Waals surface area contributed by atoms with Crippen molar-refractivity contribution in [2.75, 3.05) is 5.75 Å². The van der Waals surface area contributed by atoms with Crippen LogP contribution >= 0.6 is 0 Å². The van der Waals surface area contributed by atoms with Gasteiger partial charge in [0, 0.05) is 0 Å². The minimum absolute atomic E-state index is 0.188. The van der Waals surface area contributed by atoms with E-state index in [2.05, 4.69) is 0 Å². The summed E-state index contributed by atoms with van der Waals surface area (Å²) in [6.07, 6.45) is 8.10. The Morgan fingerprint density at radius 1 is 1.00 bits per heavy atom. The molecule has 4 aliphatic rings. The van der Waals surface area contributed by atoms with Gasteiger partial charge < -0.3 is 0 Å². The average Bonchev–Trinajstić information content (AvgIpc) is 2.11. The van der Waals surface area contributed by atoms with Gasteiger partial charge in [0.25, 0.3) is 0 Å². The maximum Gasteiger partial charge on any atom is 0.302 e. The van der Waals surface area contributed by atoms with E-state index in [0.29, 0.717) is 6.42 Å². The smallest absolute Gasteiger partial charge is 0.195 e. The van der Waals surface area contributed by atoms with Gasteiger partial charge in [-0.05, 0) is 68.1 Å². The van der Waals surface area contributed by atoms with Crippen molar-refractivity contribution in [2.45, 2.75) is 44.9 Å². The van der Waals surface area contributed by atoms with Gasteiger partial charge in [-0.15, -0.1) is 3.89 Å². The van der Waals surface area contributed by atoms with Gasteiger partial charge in [-0.1, -0.05) is 0 Å².